The van der Waals surface area contributed by atoms with E-state index in [1.54, 1.807) is 11.8 Å². The molecule has 0 aliphatic heterocycles. The molecule has 1 heterocycles. The van der Waals surface area contributed by atoms with E-state index in [4.69, 9.17) is 0 Å². The number of aromatic nitrogens is 2. The lowest BCUT2D eigenvalue weighted by atomic mass is 10.1. The maximum atomic E-state index is 11.1. The minimum Gasteiger partial charge on any atom is -0.329 e. The van der Waals surface area contributed by atoms with Gasteiger partial charge in [-0.05, 0) is 24.8 Å². The van der Waals surface area contributed by atoms with Crippen LogP contribution >= 0.6 is 11.8 Å². The van der Waals surface area contributed by atoms with Crippen LogP contribution in [-0.2, 0) is 7.05 Å². The second kappa shape index (κ2) is 5.40. The lowest BCUT2D eigenvalue weighted by molar-refractivity contribution is 0.111. The molecule has 3 nitrogen and oxygen atoms in total. The van der Waals surface area contributed by atoms with Crippen molar-refractivity contribution in [3.8, 4) is 11.3 Å². The summed E-state index contributed by atoms with van der Waals surface area (Å²) in [6.45, 7) is 4.03. The summed E-state index contributed by atoms with van der Waals surface area (Å²) in [7, 11) is 1.86. The number of carbonyl (C=O) groups excluding carboxylic acids is 1. The summed E-state index contributed by atoms with van der Waals surface area (Å²) < 4.78 is 1.82. The Morgan fingerprint density at radius 1 is 1.33 bits per heavy atom. The number of carbonyl (C=O) groups is 1. The van der Waals surface area contributed by atoms with E-state index in [1.807, 2.05) is 30.7 Å². The van der Waals surface area contributed by atoms with Crippen molar-refractivity contribution in [2.45, 2.75) is 18.7 Å². The molecule has 0 aliphatic carbocycles. The zero-order valence-electron chi connectivity index (χ0n) is 10.8. The van der Waals surface area contributed by atoms with E-state index in [2.05, 4.69) is 24.0 Å². The van der Waals surface area contributed by atoms with Crippen LogP contribution < -0.4 is 0 Å². The highest BCUT2D eigenvalue weighted by Crippen LogP contribution is 2.25. The second-order valence-electron chi connectivity index (χ2n) is 4.03. The highest BCUT2D eigenvalue weighted by Gasteiger charge is 2.13. The first kappa shape index (κ1) is 12.9. The minimum atomic E-state index is 0.628. The number of hydrogen-bond donors (Lipinski definition) is 0. The van der Waals surface area contributed by atoms with Gasteiger partial charge in [-0.3, -0.25) is 4.79 Å². The van der Waals surface area contributed by atoms with Crippen LogP contribution in [0.5, 0.6) is 0 Å². The van der Waals surface area contributed by atoms with Gasteiger partial charge in [0, 0.05) is 17.5 Å². The van der Waals surface area contributed by atoms with E-state index in [-0.39, 0.29) is 0 Å². The van der Waals surface area contributed by atoms with Crippen LogP contribution in [0.2, 0.25) is 0 Å². The third kappa shape index (κ3) is 2.34. The molecule has 4 heteroatoms. The molecule has 2 aromatic rings. The quantitative estimate of drug-likeness (QED) is 0.625. The summed E-state index contributed by atoms with van der Waals surface area (Å²) >= 11 is 1.80. The zero-order valence-corrected chi connectivity index (χ0v) is 11.6. The van der Waals surface area contributed by atoms with Crippen molar-refractivity contribution in [3.05, 3.63) is 35.8 Å². The van der Waals surface area contributed by atoms with Gasteiger partial charge in [0.25, 0.3) is 0 Å². The maximum absolute atomic E-state index is 11.1. The molecule has 0 saturated heterocycles. The van der Waals surface area contributed by atoms with Crippen molar-refractivity contribution in [1.82, 2.24) is 9.55 Å². The number of nitrogens with zero attached hydrogens (tertiary/aromatic N) is 2. The third-order valence-electron chi connectivity index (χ3n) is 2.91. The van der Waals surface area contributed by atoms with Crippen LogP contribution in [-0.4, -0.2) is 21.6 Å². The topological polar surface area (TPSA) is 34.9 Å². The predicted octanol–water partition coefficient (Wildman–Crippen LogP) is 3.32. The van der Waals surface area contributed by atoms with Crippen molar-refractivity contribution in [3.63, 3.8) is 0 Å². The van der Waals surface area contributed by atoms with Gasteiger partial charge in [-0.2, -0.15) is 0 Å². The van der Waals surface area contributed by atoms with Crippen LogP contribution in [0.1, 0.15) is 23.2 Å². The zero-order chi connectivity index (χ0) is 13.1. The second-order valence-corrected chi connectivity index (χ2v) is 5.36. The van der Waals surface area contributed by atoms with Crippen molar-refractivity contribution in [2.24, 2.45) is 7.05 Å². The molecule has 2 rings (SSSR count). The summed E-state index contributed by atoms with van der Waals surface area (Å²) in [5.74, 6) is 1.90. The van der Waals surface area contributed by atoms with Gasteiger partial charge in [0.2, 0.25) is 0 Å². The Kier molecular flexibility index (Phi) is 3.87. The smallest absolute Gasteiger partial charge is 0.168 e. The van der Waals surface area contributed by atoms with Crippen LogP contribution in [0.15, 0.2) is 29.2 Å². The summed E-state index contributed by atoms with van der Waals surface area (Å²) in [4.78, 5) is 16.8. The van der Waals surface area contributed by atoms with Gasteiger partial charge in [-0.15, -0.1) is 11.8 Å². The van der Waals surface area contributed by atoms with Gasteiger partial charge in [0.1, 0.15) is 11.5 Å². The molecule has 1 aromatic carbocycles. The maximum Gasteiger partial charge on any atom is 0.168 e. The van der Waals surface area contributed by atoms with Gasteiger partial charge in [0.05, 0.1) is 5.69 Å². The van der Waals surface area contributed by atoms with Crippen LogP contribution in [0.3, 0.4) is 0 Å². The van der Waals surface area contributed by atoms with Gasteiger partial charge < -0.3 is 4.57 Å². The largest absolute Gasteiger partial charge is 0.329 e. The van der Waals surface area contributed by atoms with Crippen LogP contribution in [0, 0.1) is 6.92 Å². The predicted molar refractivity (Wildman–Crippen MR) is 75.2 cm³/mol. The first-order valence-electron chi connectivity index (χ1n) is 5.89. The average Bonchev–Trinajstić information content (AvgIpc) is 2.67. The molecule has 18 heavy (non-hydrogen) atoms. The Morgan fingerprint density at radius 3 is 2.56 bits per heavy atom. The van der Waals surface area contributed by atoms with Gasteiger partial charge in [-0.25, -0.2) is 4.98 Å². The molecule has 1 aromatic heterocycles. The fourth-order valence-corrected chi connectivity index (χ4v) is 2.51. The summed E-state index contributed by atoms with van der Waals surface area (Å²) in [6.07, 6.45) is 0.865. The molecule has 0 radical (unpaired) electrons. The molecule has 0 atom stereocenters. The van der Waals surface area contributed by atoms with Crippen LogP contribution in [0.4, 0.5) is 0 Å². The van der Waals surface area contributed by atoms with E-state index < -0.39 is 0 Å². The molecule has 0 aliphatic rings. The standard InChI is InChI=1S/C14H16N2OS/c1-4-18-12-7-5-11(6-8-12)14-13(9-17)16(3)10(2)15-14/h5-9H,4H2,1-3H3. The van der Waals surface area contributed by atoms with E-state index in [1.165, 1.54) is 4.90 Å². The lowest BCUT2D eigenvalue weighted by Crippen LogP contribution is -1.97. The Bertz CT molecular complexity index is 558. The number of thioether (sulfide) groups is 1. The molecule has 0 N–H and O–H groups in total. The fraction of sp³-hybridized carbons (Fsp3) is 0.286. The SMILES string of the molecule is CCSc1ccc(-c2nc(C)n(C)c2C=O)cc1. The fourth-order valence-electron chi connectivity index (χ4n) is 1.85. The molecule has 0 saturated carbocycles. The number of aldehydes is 1. The highest BCUT2D eigenvalue weighted by atomic mass is 32.2. The molecule has 0 bridgehead atoms. The molecular weight excluding hydrogens is 244 g/mol. The van der Waals surface area contributed by atoms with Crippen molar-refractivity contribution in [1.29, 1.82) is 0 Å². The molecule has 94 valence electrons. The average molecular weight is 260 g/mol. The first-order valence-corrected chi connectivity index (χ1v) is 6.87. The molecule has 0 fully saturated rings. The minimum absolute atomic E-state index is 0.628. The normalized spacial score (nSPS) is 10.6. The molecule has 0 spiro atoms. The van der Waals surface area contributed by atoms with Crippen molar-refractivity contribution < 1.29 is 4.79 Å². The Morgan fingerprint density at radius 2 is 2.00 bits per heavy atom. The molecule has 0 amide bonds. The molecular formula is C14H16N2OS. The lowest BCUT2D eigenvalue weighted by Gasteiger charge is -2.02. The van der Waals surface area contributed by atoms with Crippen LogP contribution in [0.25, 0.3) is 11.3 Å². The van der Waals surface area contributed by atoms with E-state index in [9.17, 15) is 4.79 Å². The van der Waals surface area contributed by atoms with Gasteiger partial charge >= 0.3 is 0 Å². The number of imidazole rings is 1. The first-order chi connectivity index (χ1) is 8.67. The Labute approximate surface area is 111 Å². The van der Waals surface area contributed by atoms with E-state index in [0.717, 1.165) is 29.1 Å². The number of hydrogen-bond acceptors (Lipinski definition) is 3. The third-order valence-corrected chi connectivity index (χ3v) is 3.81. The summed E-state index contributed by atoms with van der Waals surface area (Å²) in [5, 5.41) is 0. The Hall–Kier alpha value is -1.55. The van der Waals surface area contributed by atoms with Gasteiger partial charge in [0.15, 0.2) is 6.29 Å². The van der Waals surface area contributed by atoms with E-state index in [0.29, 0.717) is 5.69 Å². The highest BCUT2D eigenvalue weighted by molar-refractivity contribution is 7.99. The van der Waals surface area contributed by atoms with Crippen molar-refractivity contribution >= 4 is 18.0 Å². The van der Waals surface area contributed by atoms with Gasteiger partial charge in [-0.1, -0.05) is 19.1 Å². The summed E-state index contributed by atoms with van der Waals surface area (Å²) in [5.41, 5.74) is 2.38. The van der Waals surface area contributed by atoms with Crippen molar-refractivity contribution in [2.75, 3.05) is 5.75 Å². The number of aryl methyl sites for hydroxylation is 1. The molecule has 0 unspecified atom stereocenters. The van der Waals surface area contributed by atoms with E-state index >= 15 is 0 Å². The Balaban J connectivity index is 2.42. The monoisotopic (exact) mass is 260 g/mol. The summed E-state index contributed by atoms with van der Waals surface area (Å²) in [6, 6.07) is 8.18. The number of rotatable bonds is 4. The number of benzene rings is 1.